The zero-order valence-electron chi connectivity index (χ0n) is 18.2. The van der Waals surface area contributed by atoms with Crippen LogP contribution in [0.4, 0.5) is 5.82 Å². The summed E-state index contributed by atoms with van der Waals surface area (Å²) < 4.78 is 8.49. The lowest BCUT2D eigenvalue weighted by atomic mass is 10.0. The van der Waals surface area contributed by atoms with Gasteiger partial charge in [0.1, 0.15) is 11.4 Å². The molecule has 0 saturated heterocycles. The minimum absolute atomic E-state index is 0.261. The molecule has 3 heterocycles. The van der Waals surface area contributed by atoms with Crippen LogP contribution in [0.5, 0.6) is 0 Å². The number of aromatic nitrogens is 5. The number of hydrogen-bond acceptors (Lipinski definition) is 6. The smallest absolute Gasteiger partial charge is 0.343 e. The number of nitrogens with two attached hydrogens (primary N) is 1. The molecule has 2 N–H and O–H groups in total. The lowest BCUT2D eigenvalue weighted by Gasteiger charge is -2.08. The number of hydrogen-bond donors (Lipinski definition) is 1. The first kappa shape index (κ1) is 20.6. The van der Waals surface area contributed by atoms with Gasteiger partial charge >= 0.3 is 5.97 Å². The third-order valence-electron chi connectivity index (χ3n) is 5.27. The maximum atomic E-state index is 12.0. The SMILES string of the molecule is CCOC(=O)c1cnn(-c2ccc(Cc3c(CC)nn4c(C)cc(C)nc34)cc2)c1N. The predicted octanol–water partition coefficient (Wildman–Crippen LogP) is 3.44. The average Bonchev–Trinajstić information content (AvgIpc) is 3.30. The van der Waals surface area contributed by atoms with Crippen LogP contribution in [0, 0.1) is 13.8 Å². The van der Waals surface area contributed by atoms with Crippen LogP contribution in [-0.4, -0.2) is 37.0 Å². The molecule has 0 spiro atoms. The summed E-state index contributed by atoms with van der Waals surface area (Å²) in [4.78, 5) is 16.7. The fourth-order valence-corrected chi connectivity index (χ4v) is 3.76. The fraction of sp³-hybridized carbons (Fsp3) is 0.304. The zero-order chi connectivity index (χ0) is 22.1. The van der Waals surface area contributed by atoms with Crippen LogP contribution in [0.1, 0.15) is 52.4 Å². The van der Waals surface area contributed by atoms with Gasteiger partial charge in [-0.15, -0.1) is 0 Å². The molecule has 0 bridgehead atoms. The lowest BCUT2D eigenvalue weighted by Crippen LogP contribution is -2.09. The van der Waals surface area contributed by atoms with Crippen LogP contribution in [0.25, 0.3) is 11.3 Å². The van der Waals surface area contributed by atoms with Gasteiger partial charge < -0.3 is 10.5 Å². The van der Waals surface area contributed by atoms with Gasteiger partial charge in [0, 0.05) is 23.4 Å². The Morgan fingerprint density at radius 2 is 1.90 bits per heavy atom. The number of fused-ring (bicyclic) bond motifs is 1. The molecule has 0 radical (unpaired) electrons. The van der Waals surface area contributed by atoms with Crippen molar-refractivity contribution >= 4 is 17.4 Å². The highest BCUT2D eigenvalue weighted by atomic mass is 16.5. The van der Waals surface area contributed by atoms with E-state index in [1.807, 2.05) is 48.7 Å². The minimum atomic E-state index is -0.471. The zero-order valence-corrected chi connectivity index (χ0v) is 18.2. The van der Waals surface area contributed by atoms with Crippen LogP contribution in [0.15, 0.2) is 36.5 Å². The van der Waals surface area contributed by atoms with E-state index in [9.17, 15) is 4.79 Å². The van der Waals surface area contributed by atoms with E-state index in [1.165, 1.54) is 10.9 Å². The van der Waals surface area contributed by atoms with E-state index in [0.717, 1.165) is 52.4 Å². The summed E-state index contributed by atoms with van der Waals surface area (Å²) in [6.07, 6.45) is 3.01. The molecule has 31 heavy (non-hydrogen) atoms. The van der Waals surface area contributed by atoms with Gasteiger partial charge in [-0.25, -0.2) is 19.0 Å². The highest BCUT2D eigenvalue weighted by Gasteiger charge is 2.18. The molecule has 1 aromatic carbocycles. The molecule has 8 heteroatoms. The van der Waals surface area contributed by atoms with Crippen LogP contribution in [0.3, 0.4) is 0 Å². The third kappa shape index (κ3) is 3.76. The van der Waals surface area contributed by atoms with Gasteiger partial charge in [0.25, 0.3) is 0 Å². The Bertz CT molecular complexity index is 1250. The highest BCUT2D eigenvalue weighted by molar-refractivity contribution is 5.94. The summed E-state index contributed by atoms with van der Waals surface area (Å²) in [7, 11) is 0. The summed E-state index contributed by atoms with van der Waals surface area (Å²) in [5, 5.41) is 9.01. The average molecular weight is 419 g/mol. The molecule has 0 amide bonds. The number of anilines is 1. The Balaban J connectivity index is 1.64. The van der Waals surface area contributed by atoms with Crippen molar-refractivity contribution in [3.05, 3.63) is 70.3 Å². The van der Waals surface area contributed by atoms with Crippen molar-refractivity contribution in [2.45, 2.75) is 40.5 Å². The molecular formula is C23H26N6O2. The molecular weight excluding hydrogens is 392 g/mol. The minimum Gasteiger partial charge on any atom is -0.462 e. The predicted molar refractivity (Wildman–Crippen MR) is 119 cm³/mol. The monoisotopic (exact) mass is 418 g/mol. The number of esters is 1. The number of nitrogen functional groups attached to an aromatic ring is 1. The topological polar surface area (TPSA) is 100 Å². The molecule has 0 aliphatic rings. The Morgan fingerprint density at radius 1 is 1.16 bits per heavy atom. The van der Waals surface area contributed by atoms with Crippen molar-refractivity contribution in [1.29, 1.82) is 0 Å². The van der Waals surface area contributed by atoms with Gasteiger partial charge in [0.15, 0.2) is 5.65 Å². The summed E-state index contributed by atoms with van der Waals surface area (Å²) in [5.74, 6) is -0.210. The van der Waals surface area contributed by atoms with E-state index in [1.54, 1.807) is 6.92 Å². The maximum Gasteiger partial charge on any atom is 0.343 e. The molecule has 8 nitrogen and oxygen atoms in total. The number of aryl methyl sites for hydroxylation is 3. The summed E-state index contributed by atoms with van der Waals surface area (Å²) in [6.45, 7) is 8.20. The van der Waals surface area contributed by atoms with Crippen molar-refractivity contribution in [3.8, 4) is 5.69 Å². The third-order valence-corrected chi connectivity index (χ3v) is 5.27. The van der Waals surface area contributed by atoms with E-state index in [-0.39, 0.29) is 18.0 Å². The molecule has 160 valence electrons. The van der Waals surface area contributed by atoms with Crippen LogP contribution in [-0.2, 0) is 17.6 Å². The normalized spacial score (nSPS) is 11.2. The number of nitrogens with zero attached hydrogens (tertiary/aromatic N) is 5. The molecule has 0 unspecified atom stereocenters. The van der Waals surface area contributed by atoms with Gasteiger partial charge in [0.2, 0.25) is 0 Å². The van der Waals surface area contributed by atoms with Crippen LogP contribution in [0.2, 0.25) is 0 Å². The van der Waals surface area contributed by atoms with E-state index < -0.39 is 5.97 Å². The largest absolute Gasteiger partial charge is 0.462 e. The summed E-state index contributed by atoms with van der Waals surface area (Å²) in [5.41, 5.74) is 13.5. The Kier molecular flexibility index (Phi) is 5.46. The van der Waals surface area contributed by atoms with Gasteiger partial charge in [0.05, 0.1) is 24.2 Å². The van der Waals surface area contributed by atoms with Crippen molar-refractivity contribution in [3.63, 3.8) is 0 Å². The van der Waals surface area contributed by atoms with Crippen molar-refractivity contribution in [2.75, 3.05) is 12.3 Å². The first-order valence-corrected chi connectivity index (χ1v) is 10.4. The first-order chi connectivity index (χ1) is 14.9. The van der Waals surface area contributed by atoms with Crippen molar-refractivity contribution in [2.24, 2.45) is 0 Å². The lowest BCUT2D eigenvalue weighted by molar-refractivity contribution is 0.0527. The number of carbonyl (C=O) groups is 1. The summed E-state index contributed by atoms with van der Waals surface area (Å²) in [6, 6.07) is 9.99. The molecule has 3 aromatic heterocycles. The molecule has 4 rings (SSSR count). The highest BCUT2D eigenvalue weighted by Crippen LogP contribution is 2.23. The first-order valence-electron chi connectivity index (χ1n) is 10.4. The number of rotatable bonds is 6. The van der Waals surface area contributed by atoms with Crippen LogP contribution < -0.4 is 5.73 Å². The van der Waals surface area contributed by atoms with Crippen LogP contribution >= 0.6 is 0 Å². The molecule has 0 fully saturated rings. The number of benzene rings is 1. The molecule has 0 aliphatic heterocycles. The van der Waals surface area contributed by atoms with E-state index in [2.05, 4.69) is 12.0 Å². The molecule has 4 aromatic rings. The molecule has 0 atom stereocenters. The number of ether oxygens (including phenoxy) is 1. The quantitative estimate of drug-likeness (QED) is 0.482. The second kappa shape index (κ2) is 8.22. The van der Waals surface area contributed by atoms with Gasteiger partial charge in [-0.1, -0.05) is 19.1 Å². The van der Waals surface area contributed by atoms with Crippen molar-refractivity contribution in [1.82, 2.24) is 24.4 Å². The second-order valence-electron chi connectivity index (χ2n) is 7.47. The Morgan fingerprint density at radius 3 is 2.58 bits per heavy atom. The second-order valence-corrected chi connectivity index (χ2v) is 7.47. The van der Waals surface area contributed by atoms with Gasteiger partial charge in [-0.3, -0.25) is 0 Å². The Hall–Kier alpha value is -3.68. The molecule has 0 aliphatic carbocycles. The maximum absolute atomic E-state index is 12.0. The van der Waals surface area contributed by atoms with Gasteiger partial charge in [-0.05, 0) is 51.0 Å². The standard InChI is InChI=1S/C23H26N6O2/c1-5-20-18(22-26-14(3)11-15(4)28(22)27-20)12-16-7-9-17(10-8-16)29-21(24)19(13-25-29)23(30)31-6-2/h7-11,13H,5-6,12,24H2,1-4H3. The van der Waals surface area contributed by atoms with E-state index >= 15 is 0 Å². The van der Waals surface area contributed by atoms with Gasteiger partial charge in [-0.2, -0.15) is 10.2 Å². The summed E-state index contributed by atoms with van der Waals surface area (Å²) >= 11 is 0. The number of carbonyl (C=O) groups excluding carboxylic acids is 1. The van der Waals surface area contributed by atoms with Crippen molar-refractivity contribution < 1.29 is 9.53 Å². The molecule has 0 saturated carbocycles. The van der Waals surface area contributed by atoms with E-state index in [0.29, 0.717) is 0 Å². The Labute approximate surface area is 180 Å². The fourth-order valence-electron chi connectivity index (χ4n) is 3.76. The van der Waals surface area contributed by atoms with E-state index in [4.69, 9.17) is 20.6 Å².